The number of carbonyl (C=O) groups excluding carboxylic acids is 1. The topological polar surface area (TPSA) is 112 Å². The summed E-state index contributed by atoms with van der Waals surface area (Å²) in [6.07, 6.45) is 0. The highest BCUT2D eigenvalue weighted by molar-refractivity contribution is 7.92. The number of nitrogens with one attached hydrogen (secondary N) is 2. The van der Waals surface area contributed by atoms with Crippen LogP contribution in [0, 0.1) is 0 Å². The average molecular weight is 456 g/mol. The second-order valence-corrected chi connectivity index (χ2v) is 8.39. The monoisotopic (exact) mass is 456 g/mol. The summed E-state index contributed by atoms with van der Waals surface area (Å²) in [5, 5.41) is 2.70. The smallest absolute Gasteiger partial charge is 0.262 e. The molecule has 4 rings (SSSR count). The van der Waals surface area contributed by atoms with Gasteiger partial charge in [-0.2, -0.15) is 0 Å². The van der Waals surface area contributed by atoms with Crippen LogP contribution in [0.2, 0.25) is 0 Å². The normalized spacial score (nSPS) is 12.2. The Hall–Kier alpha value is -3.92. The first-order valence-corrected chi connectivity index (χ1v) is 11.0. The highest BCUT2D eigenvalue weighted by Crippen LogP contribution is 2.34. The molecule has 3 aromatic rings. The number of sulfonamides is 1. The van der Waals surface area contributed by atoms with Crippen LogP contribution in [0.15, 0.2) is 71.6 Å². The van der Waals surface area contributed by atoms with E-state index in [-0.39, 0.29) is 24.2 Å². The average Bonchev–Trinajstić information content (AvgIpc) is 3.26. The first kappa shape index (κ1) is 21.3. The van der Waals surface area contributed by atoms with Crippen molar-refractivity contribution in [2.24, 2.45) is 0 Å². The van der Waals surface area contributed by atoms with E-state index in [4.69, 9.17) is 18.9 Å². The van der Waals surface area contributed by atoms with Gasteiger partial charge in [0.15, 0.2) is 18.1 Å². The molecule has 0 saturated heterocycles. The van der Waals surface area contributed by atoms with Gasteiger partial charge in [-0.1, -0.05) is 0 Å². The van der Waals surface area contributed by atoms with E-state index in [1.165, 1.54) is 31.4 Å². The maximum Gasteiger partial charge on any atom is 0.262 e. The highest BCUT2D eigenvalue weighted by atomic mass is 32.2. The van der Waals surface area contributed by atoms with E-state index >= 15 is 0 Å². The number of methoxy groups -OCH3 is 1. The molecule has 0 atom stereocenters. The summed E-state index contributed by atoms with van der Waals surface area (Å²) in [5.74, 6) is 1.78. The number of ether oxygens (including phenoxy) is 4. The van der Waals surface area contributed by atoms with Gasteiger partial charge >= 0.3 is 0 Å². The predicted octanol–water partition coefficient (Wildman–Crippen LogP) is 3.24. The van der Waals surface area contributed by atoms with Gasteiger partial charge in [0.2, 0.25) is 6.79 Å². The van der Waals surface area contributed by atoms with Crippen LogP contribution in [0.1, 0.15) is 0 Å². The Morgan fingerprint density at radius 3 is 2.28 bits per heavy atom. The van der Waals surface area contributed by atoms with E-state index in [1.807, 2.05) is 0 Å². The molecule has 166 valence electrons. The Morgan fingerprint density at radius 1 is 0.906 bits per heavy atom. The van der Waals surface area contributed by atoms with E-state index < -0.39 is 10.0 Å². The number of carbonyl (C=O) groups is 1. The number of hydrogen-bond donors (Lipinski definition) is 2. The Kier molecular flexibility index (Phi) is 6.04. The summed E-state index contributed by atoms with van der Waals surface area (Å²) in [6, 6.07) is 17.3. The van der Waals surface area contributed by atoms with Crippen molar-refractivity contribution < 1.29 is 32.2 Å². The molecule has 10 heteroatoms. The highest BCUT2D eigenvalue weighted by Gasteiger charge is 2.16. The molecular formula is C22H20N2O7S. The Balaban J connectivity index is 1.32. The molecule has 0 spiro atoms. The number of rotatable bonds is 8. The van der Waals surface area contributed by atoms with Crippen molar-refractivity contribution in [3.05, 3.63) is 66.7 Å². The summed E-state index contributed by atoms with van der Waals surface area (Å²) < 4.78 is 48.6. The molecule has 0 unspecified atom stereocenters. The molecule has 0 fully saturated rings. The van der Waals surface area contributed by atoms with Gasteiger partial charge in [-0.05, 0) is 60.7 Å². The van der Waals surface area contributed by atoms with Crippen LogP contribution in [0.3, 0.4) is 0 Å². The Bertz CT molecular complexity index is 1210. The van der Waals surface area contributed by atoms with Crippen molar-refractivity contribution in [2.75, 3.05) is 30.5 Å². The fraction of sp³-hybridized carbons (Fsp3) is 0.136. The minimum absolute atomic E-state index is 0.0606. The van der Waals surface area contributed by atoms with Crippen molar-refractivity contribution >= 4 is 27.3 Å². The van der Waals surface area contributed by atoms with Gasteiger partial charge in [0.05, 0.1) is 12.0 Å². The minimum Gasteiger partial charge on any atom is -0.497 e. The van der Waals surface area contributed by atoms with Gasteiger partial charge in [-0.25, -0.2) is 8.42 Å². The maximum absolute atomic E-state index is 12.6. The van der Waals surface area contributed by atoms with E-state index in [1.54, 1.807) is 42.5 Å². The Labute approximate surface area is 184 Å². The first-order valence-electron chi connectivity index (χ1n) is 9.52. The number of hydrogen-bond acceptors (Lipinski definition) is 7. The molecule has 3 aromatic carbocycles. The molecule has 1 heterocycles. The third-order valence-electron chi connectivity index (χ3n) is 4.50. The zero-order valence-electron chi connectivity index (χ0n) is 17.0. The van der Waals surface area contributed by atoms with Gasteiger partial charge in [0.1, 0.15) is 11.5 Å². The molecule has 0 aliphatic carbocycles. The molecule has 1 aliphatic rings. The van der Waals surface area contributed by atoms with Crippen LogP contribution >= 0.6 is 0 Å². The number of fused-ring (bicyclic) bond motifs is 1. The van der Waals surface area contributed by atoms with Gasteiger partial charge in [0.25, 0.3) is 15.9 Å². The van der Waals surface area contributed by atoms with Crippen molar-refractivity contribution in [2.45, 2.75) is 4.90 Å². The molecule has 9 nitrogen and oxygen atoms in total. The number of anilines is 2. The molecule has 1 aliphatic heterocycles. The molecule has 0 bridgehead atoms. The van der Waals surface area contributed by atoms with E-state index in [0.717, 1.165) is 0 Å². The fourth-order valence-electron chi connectivity index (χ4n) is 2.91. The quantitative estimate of drug-likeness (QED) is 0.535. The van der Waals surface area contributed by atoms with Crippen LogP contribution in [0.5, 0.6) is 23.0 Å². The van der Waals surface area contributed by atoms with Gasteiger partial charge in [0, 0.05) is 17.4 Å². The molecular weight excluding hydrogens is 436 g/mol. The summed E-state index contributed by atoms with van der Waals surface area (Å²) in [4.78, 5) is 12.2. The lowest BCUT2D eigenvalue weighted by molar-refractivity contribution is -0.118. The second kappa shape index (κ2) is 9.06. The lowest BCUT2D eigenvalue weighted by atomic mass is 10.3. The largest absolute Gasteiger partial charge is 0.497 e. The van der Waals surface area contributed by atoms with Crippen molar-refractivity contribution in [3.63, 3.8) is 0 Å². The number of amides is 1. The first-order chi connectivity index (χ1) is 15.4. The van der Waals surface area contributed by atoms with Crippen molar-refractivity contribution in [3.8, 4) is 23.0 Å². The molecule has 2 N–H and O–H groups in total. The minimum atomic E-state index is -3.77. The molecule has 0 saturated carbocycles. The summed E-state index contributed by atoms with van der Waals surface area (Å²) in [6.45, 7) is -0.0954. The van der Waals surface area contributed by atoms with Crippen LogP contribution in [-0.2, 0) is 14.8 Å². The maximum atomic E-state index is 12.6. The zero-order chi connectivity index (χ0) is 22.6. The van der Waals surface area contributed by atoms with Gasteiger partial charge in [-0.3, -0.25) is 9.52 Å². The molecule has 1 amide bonds. The predicted molar refractivity (Wildman–Crippen MR) is 117 cm³/mol. The van der Waals surface area contributed by atoms with Crippen molar-refractivity contribution in [1.82, 2.24) is 0 Å². The lowest BCUT2D eigenvalue weighted by Gasteiger charge is -2.10. The lowest BCUT2D eigenvalue weighted by Crippen LogP contribution is -2.20. The van der Waals surface area contributed by atoms with Crippen molar-refractivity contribution in [1.29, 1.82) is 0 Å². The molecule has 0 aromatic heterocycles. The molecule has 0 radical (unpaired) electrons. The summed E-state index contributed by atoms with van der Waals surface area (Å²) in [5.41, 5.74) is 0.959. The van der Waals surface area contributed by atoms with E-state index in [9.17, 15) is 13.2 Å². The van der Waals surface area contributed by atoms with Crippen LogP contribution in [0.25, 0.3) is 0 Å². The van der Waals surface area contributed by atoms with Gasteiger partial charge < -0.3 is 24.3 Å². The van der Waals surface area contributed by atoms with E-state index in [2.05, 4.69) is 10.0 Å². The standard InChI is InChI=1S/C22H20N2O7S/c1-28-17-5-2-15(3-6-17)24-32(26,27)19-9-7-18(8-10-19)29-13-22(25)23-16-4-11-20-21(12-16)31-14-30-20/h2-12,24H,13-14H2,1H3,(H,23,25). The molecule has 32 heavy (non-hydrogen) atoms. The number of benzene rings is 3. The Morgan fingerprint density at radius 2 is 1.56 bits per heavy atom. The SMILES string of the molecule is COc1ccc(NS(=O)(=O)c2ccc(OCC(=O)Nc3ccc4c(c3)OCO4)cc2)cc1. The van der Waals surface area contributed by atoms with Crippen LogP contribution in [-0.4, -0.2) is 34.8 Å². The summed E-state index contributed by atoms with van der Waals surface area (Å²) in [7, 11) is -2.24. The third-order valence-corrected chi connectivity index (χ3v) is 5.90. The zero-order valence-corrected chi connectivity index (χ0v) is 17.8. The fourth-order valence-corrected chi connectivity index (χ4v) is 3.97. The van der Waals surface area contributed by atoms with Crippen LogP contribution < -0.4 is 29.0 Å². The van der Waals surface area contributed by atoms with Gasteiger partial charge in [-0.15, -0.1) is 0 Å². The summed E-state index contributed by atoms with van der Waals surface area (Å²) >= 11 is 0. The van der Waals surface area contributed by atoms with E-state index in [0.29, 0.717) is 34.4 Å². The third kappa shape index (κ3) is 5.03. The van der Waals surface area contributed by atoms with Crippen LogP contribution in [0.4, 0.5) is 11.4 Å². The second-order valence-electron chi connectivity index (χ2n) is 6.71.